The van der Waals surface area contributed by atoms with E-state index in [1.54, 1.807) is 6.07 Å². The summed E-state index contributed by atoms with van der Waals surface area (Å²) in [4.78, 5) is 11.8. The Morgan fingerprint density at radius 3 is 2.47 bits per heavy atom. The molecule has 100 valence electrons. The lowest BCUT2D eigenvalue weighted by molar-refractivity contribution is -0.690. The highest BCUT2D eigenvalue weighted by atomic mass is 79.9. The van der Waals surface area contributed by atoms with Crippen LogP contribution in [-0.4, -0.2) is 12.6 Å². The Labute approximate surface area is 123 Å². The molecule has 4 heteroatoms. The Bertz CT molecular complexity index is 529. The predicted octanol–water partition coefficient (Wildman–Crippen LogP) is -0.797. The van der Waals surface area contributed by atoms with Crippen LogP contribution in [0, 0.1) is 0 Å². The minimum Gasteiger partial charge on any atom is -1.00 e. The van der Waals surface area contributed by atoms with E-state index >= 15 is 0 Å². The molecule has 0 unspecified atom stereocenters. The molecule has 1 aromatic heterocycles. The number of carbonyl (C=O) groups is 1. The maximum atomic E-state index is 11.8. The van der Waals surface area contributed by atoms with Crippen molar-refractivity contribution >= 4 is 5.97 Å². The second kappa shape index (κ2) is 7.69. The van der Waals surface area contributed by atoms with E-state index in [4.69, 9.17) is 4.74 Å². The van der Waals surface area contributed by atoms with Gasteiger partial charge in [-0.25, -0.2) is 4.79 Å². The van der Waals surface area contributed by atoms with Gasteiger partial charge in [-0.05, 0) is 13.0 Å². The highest BCUT2D eigenvalue weighted by Crippen LogP contribution is 2.01. The third kappa shape index (κ3) is 4.17. The van der Waals surface area contributed by atoms with Gasteiger partial charge >= 0.3 is 5.97 Å². The molecule has 0 amide bonds. The zero-order chi connectivity index (χ0) is 12.8. The van der Waals surface area contributed by atoms with Gasteiger partial charge < -0.3 is 21.7 Å². The van der Waals surface area contributed by atoms with Crippen LogP contribution in [0.1, 0.15) is 23.0 Å². The van der Waals surface area contributed by atoms with E-state index in [0.717, 1.165) is 5.56 Å². The van der Waals surface area contributed by atoms with Crippen molar-refractivity contribution in [3.05, 3.63) is 66.0 Å². The maximum absolute atomic E-state index is 11.8. The summed E-state index contributed by atoms with van der Waals surface area (Å²) in [5.74, 6) is -0.283. The molecule has 0 saturated carbocycles. The largest absolute Gasteiger partial charge is 1.00 e. The summed E-state index contributed by atoms with van der Waals surface area (Å²) in [7, 11) is 0. The van der Waals surface area contributed by atoms with E-state index in [0.29, 0.717) is 18.8 Å². The Balaban J connectivity index is 0.00000180. The van der Waals surface area contributed by atoms with Gasteiger partial charge in [-0.3, -0.25) is 0 Å². The summed E-state index contributed by atoms with van der Waals surface area (Å²) in [6.45, 7) is 2.86. The standard InChI is InChI=1S/C15H16NO2.BrH/c1-2-18-15(17)14-10-6-7-11-16(14)12-13-8-4-3-5-9-13;/h3-11H,2,12H2,1H3;1H/q+1;/p-1. The van der Waals surface area contributed by atoms with Crippen LogP contribution in [0.4, 0.5) is 0 Å². The lowest BCUT2D eigenvalue weighted by Crippen LogP contribution is -3.00. The summed E-state index contributed by atoms with van der Waals surface area (Å²) in [6.07, 6.45) is 1.89. The summed E-state index contributed by atoms with van der Waals surface area (Å²) in [5.41, 5.74) is 1.72. The molecule has 0 saturated heterocycles. The van der Waals surface area contributed by atoms with Crippen molar-refractivity contribution in [1.29, 1.82) is 0 Å². The normalized spacial score (nSPS) is 9.53. The van der Waals surface area contributed by atoms with Crippen molar-refractivity contribution in [2.24, 2.45) is 0 Å². The van der Waals surface area contributed by atoms with E-state index in [9.17, 15) is 4.79 Å². The second-order valence-electron chi connectivity index (χ2n) is 3.92. The van der Waals surface area contributed by atoms with Gasteiger partial charge in [0.25, 0.3) is 5.69 Å². The molecular formula is C15H16BrNO2. The lowest BCUT2D eigenvalue weighted by Gasteiger charge is -2.03. The molecule has 0 atom stereocenters. The molecule has 1 heterocycles. The highest BCUT2D eigenvalue weighted by Gasteiger charge is 2.19. The SMILES string of the molecule is CCOC(=O)c1cccc[n+]1Cc1ccccc1.[Br-]. The number of hydrogen-bond acceptors (Lipinski definition) is 2. The first-order valence-electron chi connectivity index (χ1n) is 6.00. The number of benzene rings is 1. The van der Waals surface area contributed by atoms with E-state index < -0.39 is 0 Å². The van der Waals surface area contributed by atoms with Crippen LogP contribution in [0.15, 0.2) is 54.7 Å². The van der Waals surface area contributed by atoms with Crippen molar-refractivity contribution in [3.8, 4) is 0 Å². The lowest BCUT2D eigenvalue weighted by atomic mass is 10.2. The average Bonchev–Trinajstić information content (AvgIpc) is 2.41. The smallest absolute Gasteiger partial charge is 0.403 e. The molecule has 0 radical (unpaired) electrons. The van der Waals surface area contributed by atoms with E-state index in [1.807, 2.05) is 60.2 Å². The average molecular weight is 322 g/mol. The number of esters is 1. The van der Waals surface area contributed by atoms with Crippen LogP contribution in [-0.2, 0) is 11.3 Å². The Hall–Kier alpha value is -1.68. The molecule has 0 fully saturated rings. The van der Waals surface area contributed by atoms with Crippen LogP contribution < -0.4 is 21.5 Å². The molecule has 0 spiro atoms. The molecule has 0 aliphatic carbocycles. The van der Waals surface area contributed by atoms with Gasteiger partial charge in [0.15, 0.2) is 12.7 Å². The summed E-state index contributed by atoms with van der Waals surface area (Å²) < 4.78 is 6.94. The van der Waals surface area contributed by atoms with Gasteiger partial charge in [-0.15, -0.1) is 0 Å². The zero-order valence-corrected chi connectivity index (χ0v) is 12.3. The quantitative estimate of drug-likeness (QED) is 0.545. The third-order valence-electron chi connectivity index (χ3n) is 2.62. The Morgan fingerprint density at radius 1 is 1.11 bits per heavy atom. The van der Waals surface area contributed by atoms with Crippen LogP contribution in [0.3, 0.4) is 0 Å². The van der Waals surface area contributed by atoms with Crippen molar-refractivity contribution in [2.75, 3.05) is 6.61 Å². The molecule has 2 rings (SSSR count). The number of halogens is 1. The van der Waals surface area contributed by atoms with Gasteiger partial charge in [0.05, 0.1) is 6.61 Å². The number of aromatic nitrogens is 1. The van der Waals surface area contributed by atoms with Gasteiger partial charge in [0.2, 0.25) is 0 Å². The van der Waals surface area contributed by atoms with Gasteiger partial charge in [-0.1, -0.05) is 30.3 Å². The number of pyridine rings is 1. The van der Waals surface area contributed by atoms with Crippen LogP contribution in [0.25, 0.3) is 0 Å². The highest BCUT2D eigenvalue weighted by molar-refractivity contribution is 5.85. The topological polar surface area (TPSA) is 30.2 Å². The molecular weight excluding hydrogens is 306 g/mol. The molecule has 19 heavy (non-hydrogen) atoms. The number of hydrogen-bond donors (Lipinski definition) is 0. The van der Waals surface area contributed by atoms with Crippen molar-refractivity contribution in [3.63, 3.8) is 0 Å². The van der Waals surface area contributed by atoms with Crippen molar-refractivity contribution < 1.29 is 31.1 Å². The number of ether oxygens (including phenoxy) is 1. The molecule has 0 aliphatic rings. The first-order chi connectivity index (χ1) is 8.81. The molecule has 1 aromatic carbocycles. The van der Waals surface area contributed by atoms with Gasteiger partial charge in [-0.2, -0.15) is 4.57 Å². The summed E-state index contributed by atoms with van der Waals surface area (Å²) in [5, 5.41) is 0. The second-order valence-corrected chi connectivity index (χ2v) is 3.92. The third-order valence-corrected chi connectivity index (χ3v) is 2.62. The Morgan fingerprint density at radius 2 is 1.79 bits per heavy atom. The fourth-order valence-corrected chi connectivity index (χ4v) is 1.78. The van der Waals surface area contributed by atoms with Crippen LogP contribution >= 0.6 is 0 Å². The molecule has 2 aromatic rings. The first kappa shape index (κ1) is 15.4. The summed E-state index contributed by atoms with van der Waals surface area (Å²) >= 11 is 0. The maximum Gasteiger partial charge on any atom is 0.403 e. The zero-order valence-electron chi connectivity index (χ0n) is 10.8. The molecule has 0 aliphatic heterocycles. The van der Waals surface area contributed by atoms with Crippen LogP contribution in [0.5, 0.6) is 0 Å². The predicted molar refractivity (Wildman–Crippen MR) is 68.1 cm³/mol. The molecule has 0 N–H and O–H groups in total. The number of rotatable bonds is 4. The first-order valence-corrected chi connectivity index (χ1v) is 6.00. The fraction of sp³-hybridized carbons (Fsp3) is 0.200. The van der Waals surface area contributed by atoms with Gasteiger partial charge in [0, 0.05) is 17.7 Å². The minimum atomic E-state index is -0.283. The van der Waals surface area contributed by atoms with E-state index in [-0.39, 0.29) is 23.0 Å². The fourth-order valence-electron chi connectivity index (χ4n) is 1.78. The van der Waals surface area contributed by atoms with Crippen molar-refractivity contribution in [1.82, 2.24) is 0 Å². The van der Waals surface area contributed by atoms with E-state index in [1.165, 1.54) is 0 Å². The number of carbonyl (C=O) groups excluding carboxylic acids is 1. The van der Waals surface area contributed by atoms with Gasteiger partial charge in [0.1, 0.15) is 0 Å². The monoisotopic (exact) mass is 321 g/mol. The molecule has 0 bridgehead atoms. The van der Waals surface area contributed by atoms with Crippen molar-refractivity contribution in [2.45, 2.75) is 13.5 Å². The van der Waals surface area contributed by atoms with E-state index in [2.05, 4.69) is 0 Å². The Kier molecular flexibility index (Phi) is 6.22. The minimum absolute atomic E-state index is 0. The molecule has 3 nitrogen and oxygen atoms in total. The van der Waals surface area contributed by atoms with Crippen LogP contribution in [0.2, 0.25) is 0 Å². The summed E-state index contributed by atoms with van der Waals surface area (Å²) in [6, 6.07) is 15.6. The number of nitrogens with zero attached hydrogens (tertiary/aromatic N) is 1.